The zero-order chi connectivity index (χ0) is 13.7. The molecule has 1 atom stereocenters. The van der Waals surface area contributed by atoms with Crippen LogP contribution in [0.3, 0.4) is 0 Å². The minimum absolute atomic E-state index is 0.0975. The largest absolute Gasteiger partial charge is 0.479 e. The van der Waals surface area contributed by atoms with Crippen LogP contribution in [0, 0.1) is 16.7 Å². The van der Waals surface area contributed by atoms with Crippen LogP contribution in [0.2, 0.25) is 0 Å². The maximum Gasteiger partial charge on any atom is 0.174 e. The molecule has 1 N–H and O–H groups in total. The van der Waals surface area contributed by atoms with Crippen LogP contribution < -0.4 is 10.1 Å². The van der Waals surface area contributed by atoms with Crippen LogP contribution >= 0.6 is 11.8 Å². The second-order valence-corrected chi connectivity index (χ2v) is 6.73. The van der Waals surface area contributed by atoms with Gasteiger partial charge in [0.1, 0.15) is 11.8 Å². The molecular weight excluding hydrogens is 256 g/mol. The zero-order valence-electron chi connectivity index (χ0n) is 11.5. The van der Waals surface area contributed by atoms with E-state index >= 15 is 0 Å². The highest BCUT2D eigenvalue weighted by molar-refractivity contribution is 7.99. The predicted octanol–water partition coefficient (Wildman–Crippen LogP) is 3.53. The van der Waals surface area contributed by atoms with E-state index in [2.05, 4.69) is 19.2 Å². The second-order valence-electron chi connectivity index (χ2n) is 5.70. The van der Waals surface area contributed by atoms with Crippen LogP contribution in [-0.2, 0) is 0 Å². The van der Waals surface area contributed by atoms with E-state index in [4.69, 9.17) is 10.00 Å². The van der Waals surface area contributed by atoms with Gasteiger partial charge in [-0.3, -0.25) is 0 Å². The molecule has 3 nitrogen and oxygen atoms in total. The van der Waals surface area contributed by atoms with Gasteiger partial charge in [0.05, 0.1) is 0 Å². The van der Waals surface area contributed by atoms with Gasteiger partial charge in [0, 0.05) is 17.5 Å². The Bertz CT molecular complexity index is 450. The number of nitrogens with one attached hydrogen (secondary N) is 1. The Kier molecular flexibility index (Phi) is 4.60. The normalized spacial score (nSPS) is 21.4. The van der Waals surface area contributed by atoms with Gasteiger partial charge in [-0.25, -0.2) is 0 Å². The third-order valence-corrected chi connectivity index (χ3v) is 4.76. The lowest BCUT2D eigenvalue weighted by Crippen LogP contribution is -2.35. The van der Waals surface area contributed by atoms with Gasteiger partial charge in [0.25, 0.3) is 0 Å². The minimum Gasteiger partial charge on any atom is -0.479 e. The highest BCUT2D eigenvalue weighted by Gasteiger charge is 2.28. The van der Waals surface area contributed by atoms with Crippen LogP contribution in [-0.4, -0.2) is 24.2 Å². The number of thioether (sulfide) groups is 1. The summed E-state index contributed by atoms with van der Waals surface area (Å²) < 4.78 is 5.24. The zero-order valence-corrected chi connectivity index (χ0v) is 12.3. The predicted molar refractivity (Wildman–Crippen MR) is 80.7 cm³/mol. The van der Waals surface area contributed by atoms with Gasteiger partial charge < -0.3 is 10.1 Å². The lowest BCUT2D eigenvalue weighted by molar-refractivity contribution is 0.358. The number of hydrogen-bond acceptors (Lipinski definition) is 4. The van der Waals surface area contributed by atoms with Gasteiger partial charge in [-0.15, -0.1) is 0 Å². The number of anilines is 1. The van der Waals surface area contributed by atoms with Crippen LogP contribution in [0.25, 0.3) is 0 Å². The van der Waals surface area contributed by atoms with Crippen LogP contribution in [0.1, 0.15) is 20.3 Å². The summed E-state index contributed by atoms with van der Waals surface area (Å²) in [6, 6.07) is 10.3. The van der Waals surface area contributed by atoms with Crippen molar-refractivity contribution in [3.63, 3.8) is 0 Å². The van der Waals surface area contributed by atoms with E-state index in [1.54, 1.807) is 0 Å². The minimum atomic E-state index is 0.0975. The molecule has 4 heteroatoms. The molecule has 1 fully saturated rings. The van der Waals surface area contributed by atoms with Crippen molar-refractivity contribution in [2.45, 2.75) is 26.3 Å². The second kappa shape index (κ2) is 6.21. The molecule has 0 bridgehead atoms. The van der Waals surface area contributed by atoms with E-state index in [1.807, 2.05) is 42.1 Å². The van der Waals surface area contributed by atoms with Gasteiger partial charge in [0.2, 0.25) is 0 Å². The number of ether oxygens (including phenoxy) is 1. The smallest absolute Gasteiger partial charge is 0.174 e. The van der Waals surface area contributed by atoms with Crippen molar-refractivity contribution in [1.82, 2.24) is 0 Å². The molecule has 0 saturated carbocycles. The van der Waals surface area contributed by atoms with Crippen molar-refractivity contribution in [2.24, 2.45) is 5.41 Å². The number of hydrogen-bond donors (Lipinski definition) is 1. The van der Waals surface area contributed by atoms with Gasteiger partial charge in [0.15, 0.2) is 6.61 Å². The quantitative estimate of drug-likeness (QED) is 0.913. The van der Waals surface area contributed by atoms with E-state index in [1.165, 1.54) is 12.2 Å². The number of rotatable bonds is 4. The third-order valence-electron chi connectivity index (χ3n) is 3.14. The summed E-state index contributed by atoms with van der Waals surface area (Å²) in [5.74, 6) is 3.15. The lowest BCUT2D eigenvalue weighted by Gasteiger charge is -2.35. The van der Waals surface area contributed by atoms with Gasteiger partial charge in [-0.2, -0.15) is 17.0 Å². The summed E-state index contributed by atoms with van der Waals surface area (Å²) in [5.41, 5.74) is 1.53. The summed E-state index contributed by atoms with van der Waals surface area (Å²) in [6.07, 6.45) is 1.20. The Morgan fingerprint density at radius 3 is 2.79 bits per heavy atom. The number of nitriles is 1. The SMILES string of the molecule is CC1(C)CSCC(Nc2ccc(OCC#N)cc2)C1. The first-order chi connectivity index (χ1) is 9.09. The van der Waals surface area contributed by atoms with Gasteiger partial charge in [-0.1, -0.05) is 13.8 Å². The molecule has 1 heterocycles. The number of nitrogens with zero attached hydrogens (tertiary/aromatic N) is 1. The molecule has 1 aliphatic heterocycles. The molecular formula is C15H20N2OS. The Morgan fingerprint density at radius 2 is 2.16 bits per heavy atom. The van der Waals surface area contributed by atoms with Crippen LogP contribution in [0.4, 0.5) is 5.69 Å². The maximum absolute atomic E-state index is 8.46. The highest BCUT2D eigenvalue weighted by atomic mass is 32.2. The Hall–Kier alpha value is -1.34. The van der Waals surface area contributed by atoms with E-state index in [9.17, 15) is 0 Å². The molecule has 0 amide bonds. The van der Waals surface area contributed by atoms with E-state index in [-0.39, 0.29) is 6.61 Å². The summed E-state index contributed by atoms with van der Waals surface area (Å²) >= 11 is 2.02. The van der Waals surface area contributed by atoms with Crippen molar-refractivity contribution in [3.05, 3.63) is 24.3 Å². The van der Waals surface area contributed by atoms with Crippen molar-refractivity contribution in [3.8, 4) is 11.8 Å². The average molecular weight is 276 g/mol. The standard InChI is InChI=1S/C15H20N2OS/c1-15(2)9-13(10-19-11-15)17-12-3-5-14(6-4-12)18-8-7-16/h3-6,13,17H,8-11H2,1-2H3. The van der Waals surface area contributed by atoms with E-state index in [0.717, 1.165) is 17.2 Å². The summed E-state index contributed by atoms with van der Waals surface area (Å²) in [7, 11) is 0. The molecule has 0 spiro atoms. The molecule has 0 aromatic heterocycles. The van der Waals surface area contributed by atoms with Gasteiger partial charge in [-0.05, 0) is 41.9 Å². The number of benzene rings is 1. The van der Waals surface area contributed by atoms with E-state index in [0.29, 0.717) is 11.5 Å². The Balaban J connectivity index is 1.90. The molecule has 1 aromatic carbocycles. The van der Waals surface area contributed by atoms with Crippen molar-refractivity contribution in [1.29, 1.82) is 5.26 Å². The Morgan fingerprint density at radius 1 is 1.42 bits per heavy atom. The summed E-state index contributed by atoms with van der Waals surface area (Å²) in [6.45, 7) is 4.75. The first-order valence-electron chi connectivity index (χ1n) is 6.53. The van der Waals surface area contributed by atoms with Crippen LogP contribution in [0.5, 0.6) is 5.75 Å². The fourth-order valence-electron chi connectivity index (χ4n) is 2.35. The first-order valence-corrected chi connectivity index (χ1v) is 7.69. The van der Waals surface area contributed by atoms with Crippen LogP contribution in [0.15, 0.2) is 24.3 Å². The van der Waals surface area contributed by atoms with Gasteiger partial charge >= 0.3 is 0 Å². The topological polar surface area (TPSA) is 45.0 Å². The fraction of sp³-hybridized carbons (Fsp3) is 0.533. The fourth-order valence-corrected chi connectivity index (χ4v) is 3.63. The molecule has 0 aliphatic carbocycles. The van der Waals surface area contributed by atoms with Crippen molar-refractivity contribution in [2.75, 3.05) is 23.4 Å². The summed E-state index contributed by atoms with van der Waals surface area (Å²) in [5, 5.41) is 12.0. The van der Waals surface area contributed by atoms with E-state index < -0.39 is 0 Å². The van der Waals surface area contributed by atoms with Crippen molar-refractivity contribution >= 4 is 17.4 Å². The molecule has 102 valence electrons. The molecule has 2 rings (SSSR count). The lowest BCUT2D eigenvalue weighted by atomic mass is 9.88. The highest BCUT2D eigenvalue weighted by Crippen LogP contribution is 2.34. The molecule has 1 unspecified atom stereocenters. The Labute approximate surface area is 119 Å². The van der Waals surface area contributed by atoms with Crippen molar-refractivity contribution < 1.29 is 4.74 Å². The molecule has 1 aliphatic rings. The monoisotopic (exact) mass is 276 g/mol. The third kappa shape index (κ3) is 4.36. The molecule has 19 heavy (non-hydrogen) atoms. The molecule has 1 aromatic rings. The first kappa shape index (κ1) is 14.1. The molecule has 0 radical (unpaired) electrons. The maximum atomic E-state index is 8.46. The average Bonchev–Trinajstić information content (AvgIpc) is 2.37. The molecule has 1 saturated heterocycles. The summed E-state index contributed by atoms with van der Waals surface area (Å²) in [4.78, 5) is 0.